The highest BCUT2D eigenvalue weighted by atomic mass is 16.5. The van der Waals surface area contributed by atoms with E-state index in [4.69, 9.17) is 10.5 Å². The normalized spacial score (nSPS) is 35.2. The third-order valence-electron chi connectivity index (χ3n) is 2.86. The lowest BCUT2D eigenvalue weighted by Crippen LogP contribution is -2.55. The molecule has 2 N–H and O–H groups in total. The largest absolute Gasteiger partial charge is 0.467 e. The second-order valence-electron chi connectivity index (χ2n) is 3.76. The molecule has 2 aliphatic rings. The Morgan fingerprint density at radius 2 is 2.33 bits per heavy atom. The van der Waals surface area contributed by atoms with Gasteiger partial charge in [0, 0.05) is 0 Å². The number of amides is 1. The van der Waals surface area contributed by atoms with Gasteiger partial charge in [0.05, 0.1) is 19.8 Å². The quantitative estimate of drug-likeness (QED) is 0.556. The number of nitrogens with two attached hydrogens (primary N) is 1. The van der Waals surface area contributed by atoms with Crippen LogP contribution in [0.2, 0.25) is 0 Å². The third kappa shape index (κ3) is 1.59. The van der Waals surface area contributed by atoms with Crippen LogP contribution in [0.1, 0.15) is 12.8 Å². The Balaban J connectivity index is 2.17. The summed E-state index contributed by atoms with van der Waals surface area (Å²) in [6.07, 6.45) is 0.982. The lowest BCUT2D eigenvalue weighted by molar-refractivity contribution is -0.155. The molecule has 0 aromatic rings. The Hall–Kier alpha value is -1.14. The van der Waals surface area contributed by atoms with Crippen LogP contribution in [0.25, 0.3) is 0 Å². The molecule has 2 fully saturated rings. The molecule has 15 heavy (non-hydrogen) atoms. The molecule has 1 amide bonds. The van der Waals surface area contributed by atoms with Crippen LogP contribution in [0, 0.1) is 0 Å². The molecule has 2 saturated heterocycles. The number of nitrogens with zero attached hydrogens (tertiary/aromatic N) is 1. The molecule has 84 valence electrons. The first-order valence-electron chi connectivity index (χ1n) is 4.92. The minimum atomic E-state index is -0.626. The number of carbonyl (C=O) groups is 2. The minimum absolute atomic E-state index is 0.204. The van der Waals surface area contributed by atoms with Crippen molar-refractivity contribution in [2.24, 2.45) is 5.73 Å². The number of methoxy groups -OCH3 is 1. The minimum Gasteiger partial charge on any atom is -0.467 e. The zero-order chi connectivity index (χ0) is 11.0. The number of esters is 1. The summed E-state index contributed by atoms with van der Waals surface area (Å²) in [5.41, 5.74) is 5.64. The number of fused-ring (bicyclic) bond motifs is 1. The van der Waals surface area contributed by atoms with E-state index in [1.165, 1.54) is 12.0 Å². The molecule has 0 bridgehead atoms. The van der Waals surface area contributed by atoms with Gasteiger partial charge in [-0.2, -0.15) is 0 Å². The fourth-order valence-electron chi connectivity index (χ4n) is 2.04. The molecule has 6 heteroatoms. The van der Waals surface area contributed by atoms with Gasteiger partial charge in [0.15, 0.2) is 6.04 Å². The molecule has 2 heterocycles. The second kappa shape index (κ2) is 3.79. The SMILES string of the molecule is COC(=O)[C@@H]1CO[C@H]2CC[C@H](N)C(=O)N21. The number of piperidine rings is 1. The number of carbonyl (C=O) groups excluding carboxylic acids is 2. The van der Waals surface area contributed by atoms with Gasteiger partial charge in [0.2, 0.25) is 5.91 Å². The standard InChI is InChI=1S/C9H14N2O4/c1-14-9(13)6-4-15-7-3-2-5(10)8(12)11(6)7/h5-7H,2-4,10H2,1H3/t5-,6-,7-/m0/s1. The van der Waals surface area contributed by atoms with Gasteiger partial charge in [-0.1, -0.05) is 0 Å². The molecule has 0 aliphatic carbocycles. The van der Waals surface area contributed by atoms with Gasteiger partial charge in [-0.25, -0.2) is 4.79 Å². The molecular formula is C9H14N2O4. The van der Waals surface area contributed by atoms with Gasteiger partial charge in [0.25, 0.3) is 0 Å². The van der Waals surface area contributed by atoms with E-state index in [2.05, 4.69) is 4.74 Å². The van der Waals surface area contributed by atoms with Crippen LogP contribution >= 0.6 is 0 Å². The van der Waals surface area contributed by atoms with E-state index < -0.39 is 18.1 Å². The predicted molar refractivity (Wildman–Crippen MR) is 49.6 cm³/mol. The van der Waals surface area contributed by atoms with Crippen LogP contribution in [0.3, 0.4) is 0 Å². The van der Waals surface area contributed by atoms with Crippen molar-refractivity contribution in [3.63, 3.8) is 0 Å². The topological polar surface area (TPSA) is 81.9 Å². The molecule has 0 aromatic carbocycles. The molecule has 6 nitrogen and oxygen atoms in total. The Kier molecular flexibility index (Phi) is 2.62. The number of ether oxygens (including phenoxy) is 2. The zero-order valence-corrected chi connectivity index (χ0v) is 8.51. The summed E-state index contributed by atoms with van der Waals surface area (Å²) in [6, 6.07) is -1.14. The highest BCUT2D eigenvalue weighted by Crippen LogP contribution is 2.27. The summed E-state index contributed by atoms with van der Waals surface area (Å²) in [4.78, 5) is 24.6. The zero-order valence-electron chi connectivity index (χ0n) is 8.51. The number of hydrogen-bond acceptors (Lipinski definition) is 5. The first-order valence-corrected chi connectivity index (χ1v) is 4.92. The Bertz CT molecular complexity index is 294. The number of hydrogen-bond donors (Lipinski definition) is 1. The summed E-state index contributed by atoms with van der Waals surface area (Å²) in [6.45, 7) is 0.204. The Morgan fingerprint density at radius 1 is 1.60 bits per heavy atom. The van der Waals surface area contributed by atoms with Gasteiger partial charge in [-0.15, -0.1) is 0 Å². The van der Waals surface area contributed by atoms with E-state index in [1.807, 2.05) is 0 Å². The molecule has 0 unspecified atom stereocenters. The Labute approximate surface area is 87.3 Å². The first-order chi connectivity index (χ1) is 7.15. The first kappa shape index (κ1) is 10.4. The van der Waals surface area contributed by atoms with Crippen molar-refractivity contribution >= 4 is 11.9 Å². The maximum absolute atomic E-state index is 11.8. The summed E-state index contributed by atoms with van der Waals surface area (Å²) >= 11 is 0. The molecule has 2 rings (SSSR count). The van der Waals surface area contributed by atoms with E-state index in [0.717, 1.165) is 0 Å². The maximum atomic E-state index is 11.8. The van der Waals surface area contributed by atoms with Gasteiger partial charge in [-0.3, -0.25) is 9.69 Å². The maximum Gasteiger partial charge on any atom is 0.331 e. The molecule has 0 saturated carbocycles. The summed E-state index contributed by atoms with van der Waals surface area (Å²) in [5.74, 6) is -0.667. The molecule has 0 aromatic heterocycles. The van der Waals surface area contributed by atoms with Crippen molar-refractivity contribution in [3.05, 3.63) is 0 Å². The van der Waals surface area contributed by atoms with Gasteiger partial charge >= 0.3 is 5.97 Å². The van der Waals surface area contributed by atoms with Crippen LogP contribution in [0.5, 0.6) is 0 Å². The second-order valence-corrected chi connectivity index (χ2v) is 3.76. The van der Waals surface area contributed by atoms with Crippen molar-refractivity contribution in [1.82, 2.24) is 4.90 Å². The monoisotopic (exact) mass is 214 g/mol. The van der Waals surface area contributed by atoms with Crippen molar-refractivity contribution < 1.29 is 19.1 Å². The molecule has 2 aliphatic heterocycles. The van der Waals surface area contributed by atoms with Crippen LogP contribution < -0.4 is 5.73 Å². The molecule has 3 atom stereocenters. The lowest BCUT2D eigenvalue weighted by Gasteiger charge is -2.33. The van der Waals surface area contributed by atoms with Crippen LogP contribution in [-0.4, -0.2) is 48.8 Å². The van der Waals surface area contributed by atoms with E-state index in [-0.39, 0.29) is 18.7 Å². The summed E-state index contributed by atoms with van der Waals surface area (Å²) in [5, 5.41) is 0. The highest BCUT2D eigenvalue weighted by molar-refractivity contribution is 5.88. The van der Waals surface area contributed by atoms with Crippen LogP contribution in [-0.2, 0) is 19.1 Å². The summed E-state index contributed by atoms with van der Waals surface area (Å²) in [7, 11) is 1.30. The highest BCUT2D eigenvalue weighted by Gasteiger charge is 2.46. The van der Waals surface area contributed by atoms with Crippen molar-refractivity contribution in [2.45, 2.75) is 31.2 Å². The fourth-order valence-corrected chi connectivity index (χ4v) is 2.04. The summed E-state index contributed by atoms with van der Waals surface area (Å²) < 4.78 is 9.97. The van der Waals surface area contributed by atoms with E-state index in [0.29, 0.717) is 12.8 Å². The average molecular weight is 214 g/mol. The average Bonchev–Trinajstić information content (AvgIpc) is 2.67. The van der Waals surface area contributed by atoms with Crippen LogP contribution in [0.4, 0.5) is 0 Å². The Morgan fingerprint density at radius 3 is 3.00 bits per heavy atom. The van der Waals surface area contributed by atoms with Crippen molar-refractivity contribution in [3.8, 4) is 0 Å². The lowest BCUT2D eigenvalue weighted by atomic mass is 10.0. The third-order valence-corrected chi connectivity index (χ3v) is 2.86. The van der Waals surface area contributed by atoms with E-state index in [9.17, 15) is 9.59 Å². The smallest absolute Gasteiger partial charge is 0.331 e. The van der Waals surface area contributed by atoms with Crippen molar-refractivity contribution in [1.29, 1.82) is 0 Å². The fraction of sp³-hybridized carbons (Fsp3) is 0.778. The molecular weight excluding hydrogens is 200 g/mol. The van der Waals surface area contributed by atoms with Gasteiger partial charge < -0.3 is 15.2 Å². The van der Waals surface area contributed by atoms with Gasteiger partial charge in [0.1, 0.15) is 6.23 Å². The van der Waals surface area contributed by atoms with E-state index >= 15 is 0 Å². The molecule has 0 spiro atoms. The molecule has 0 radical (unpaired) electrons. The predicted octanol–water partition coefficient (Wildman–Crippen LogP) is -1.17. The van der Waals surface area contributed by atoms with E-state index in [1.54, 1.807) is 0 Å². The van der Waals surface area contributed by atoms with Crippen LogP contribution in [0.15, 0.2) is 0 Å². The number of rotatable bonds is 1. The van der Waals surface area contributed by atoms with Gasteiger partial charge in [-0.05, 0) is 12.8 Å². The van der Waals surface area contributed by atoms with Crippen molar-refractivity contribution in [2.75, 3.05) is 13.7 Å².